The van der Waals surface area contributed by atoms with E-state index in [0.29, 0.717) is 38.3 Å². The van der Waals surface area contributed by atoms with Crippen LogP contribution in [0.1, 0.15) is 16.8 Å². The number of aromatic nitrogens is 2. The smallest absolute Gasteiger partial charge is 0.229 e. The lowest BCUT2D eigenvalue weighted by atomic mass is 10.2. The summed E-state index contributed by atoms with van der Waals surface area (Å²) in [5.41, 5.74) is 3.16. The molecule has 3 rings (SSSR count). The van der Waals surface area contributed by atoms with E-state index in [0.717, 1.165) is 24.3 Å². The maximum Gasteiger partial charge on any atom is 0.229 e. The van der Waals surface area contributed by atoms with Crippen LogP contribution in [-0.2, 0) is 22.7 Å². The van der Waals surface area contributed by atoms with E-state index in [1.807, 2.05) is 6.07 Å². The number of benzene rings is 1. The van der Waals surface area contributed by atoms with E-state index >= 15 is 0 Å². The zero-order chi connectivity index (χ0) is 16.8. The van der Waals surface area contributed by atoms with Crippen molar-refractivity contribution in [1.82, 2.24) is 9.97 Å². The van der Waals surface area contributed by atoms with Gasteiger partial charge in [-0.25, -0.2) is 4.98 Å². The van der Waals surface area contributed by atoms with Crippen LogP contribution in [0.2, 0.25) is 0 Å². The second kappa shape index (κ2) is 8.08. The number of nitrogens with zero attached hydrogens (tertiary/aromatic N) is 3. The fourth-order valence-corrected chi connectivity index (χ4v) is 2.50. The van der Waals surface area contributed by atoms with Crippen molar-refractivity contribution in [3.8, 4) is 5.88 Å². The Morgan fingerprint density at radius 1 is 1.08 bits per heavy atom. The van der Waals surface area contributed by atoms with Crippen molar-refractivity contribution in [2.75, 3.05) is 38.3 Å². The van der Waals surface area contributed by atoms with E-state index in [4.69, 9.17) is 14.2 Å². The van der Waals surface area contributed by atoms with Gasteiger partial charge in [0.2, 0.25) is 11.8 Å². The Bertz CT molecular complexity index is 655. The number of morpholine rings is 1. The first-order valence-electron chi connectivity index (χ1n) is 8.12. The molecule has 1 aliphatic heterocycles. The van der Waals surface area contributed by atoms with Crippen LogP contribution in [0.25, 0.3) is 0 Å². The minimum atomic E-state index is 0.431. The molecule has 0 atom stereocenters. The van der Waals surface area contributed by atoms with Gasteiger partial charge in [0, 0.05) is 26.3 Å². The summed E-state index contributed by atoms with van der Waals surface area (Å²) in [6.45, 7) is 5.93. The molecule has 2 aromatic rings. The molecule has 0 saturated carbocycles. The molecule has 0 bridgehead atoms. The SMILES string of the molecule is COCc1cc(OCc2ccc(C)cc2)nc(N2CCOCC2)n1. The predicted octanol–water partition coefficient (Wildman–Crippen LogP) is 2.35. The summed E-state index contributed by atoms with van der Waals surface area (Å²) < 4.78 is 16.5. The van der Waals surface area contributed by atoms with Gasteiger partial charge < -0.3 is 19.1 Å². The molecule has 1 saturated heterocycles. The molecule has 0 aliphatic carbocycles. The molecule has 1 aromatic carbocycles. The summed E-state index contributed by atoms with van der Waals surface area (Å²) >= 11 is 0. The quantitative estimate of drug-likeness (QED) is 0.811. The van der Waals surface area contributed by atoms with Crippen molar-refractivity contribution in [2.45, 2.75) is 20.1 Å². The average molecular weight is 329 g/mol. The second-order valence-electron chi connectivity index (χ2n) is 5.80. The van der Waals surface area contributed by atoms with E-state index in [1.54, 1.807) is 7.11 Å². The monoisotopic (exact) mass is 329 g/mol. The molecule has 0 N–H and O–H groups in total. The van der Waals surface area contributed by atoms with Crippen LogP contribution in [0.5, 0.6) is 5.88 Å². The van der Waals surface area contributed by atoms with Gasteiger partial charge in [-0.15, -0.1) is 0 Å². The number of ether oxygens (including phenoxy) is 3. The van der Waals surface area contributed by atoms with E-state index in [1.165, 1.54) is 5.56 Å². The van der Waals surface area contributed by atoms with E-state index in [-0.39, 0.29) is 0 Å². The van der Waals surface area contributed by atoms with Crippen molar-refractivity contribution in [3.05, 3.63) is 47.2 Å². The first kappa shape index (κ1) is 16.7. The molecule has 0 amide bonds. The average Bonchev–Trinajstić information content (AvgIpc) is 2.62. The Balaban J connectivity index is 1.75. The Morgan fingerprint density at radius 2 is 1.83 bits per heavy atom. The summed E-state index contributed by atoms with van der Waals surface area (Å²) in [7, 11) is 1.66. The van der Waals surface area contributed by atoms with Crippen molar-refractivity contribution in [1.29, 1.82) is 0 Å². The van der Waals surface area contributed by atoms with Gasteiger partial charge in [0.05, 0.1) is 25.5 Å². The Labute approximate surface area is 142 Å². The van der Waals surface area contributed by atoms with Crippen molar-refractivity contribution in [3.63, 3.8) is 0 Å². The third-order valence-electron chi connectivity index (χ3n) is 3.84. The zero-order valence-electron chi connectivity index (χ0n) is 14.2. The topological polar surface area (TPSA) is 56.7 Å². The molecule has 6 heteroatoms. The number of rotatable bonds is 6. The highest BCUT2D eigenvalue weighted by Gasteiger charge is 2.16. The van der Waals surface area contributed by atoms with Crippen molar-refractivity contribution < 1.29 is 14.2 Å². The summed E-state index contributed by atoms with van der Waals surface area (Å²) in [5.74, 6) is 1.24. The summed E-state index contributed by atoms with van der Waals surface area (Å²) in [5, 5.41) is 0. The van der Waals surface area contributed by atoms with Gasteiger partial charge in [-0.2, -0.15) is 4.98 Å². The third-order valence-corrected chi connectivity index (χ3v) is 3.84. The van der Waals surface area contributed by atoms with Crippen molar-refractivity contribution >= 4 is 5.95 Å². The summed E-state index contributed by atoms with van der Waals surface area (Å²) in [6, 6.07) is 10.1. The van der Waals surface area contributed by atoms with Gasteiger partial charge in [0.15, 0.2) is 0 Å². The largest absolute Gasteiger partial charge is 0.473 e. The molecule has 1 aliphatic rings. The number of hydrogen-bond acceptors (Lipinski definition) is 6. The molecular formula is C18H23N3O3. The zero-order valence-corrected chi connectivity index (χ0v) is 14.2. The molecule has 24 heavy (non-hydrogen) atoms. The predicted molar refractivity (Wildman–Crippen MR) is 91.3 cm³/mol. The summed E-state index contributed by atoms with van der Waals surface area (Å²) in [4.78, 5) is 11.2. The van der Waals surface area contributed by atoms with Crippen LogP contribution in [0.3, 0.4) is 0 Å². The third kappa shape index (κ3) is 4.43. The van der Waals surface area contributed by atoms with Crippen LogP contribution in [0, 0.1) is 6.92 Å². The van der Waals surface area contributed by atoms with Gasteiger partial charge in [-0.3, -0.25) is 0 Å². The molecular weight excluding hydrogens is 306 g/mol. The lowest BCUT2D eigenvalue weighted by Gasteiger charge is -2.27. The van der Waals surface area contributed by atoms with E-state index in [9.17, 15) is 0 Å². The first-order valence-corrected chi connectivity index (χ1v) is 8.12. The maximum atomic E-state index is 5.89. The van der Waals surface area contributed by atoms with Crippen LogP contribution < -0.4 is 9.64 Å². The van der Waals surface area contributed by atoms with Crippen LogP contribution in [0.15, 0.2) is 30.3 Å². The van der Waals surface area contributed by atoms with Gasteiger partial charge >= 0.3 is 0 Å². The number of anilines is 1. The second-order valence-corrected chi connectivity index (χ2v) is 5.80. The Hall–Kier alpha value is -2.18. The first-order chi connectivity index (χ1) is 11.7. The minimum Gasteiger partial charge on any atom is -0.473 e. The fraction of sp³-hybridized carbons (Fsp3) is 0.444. The van der Waals surface area contributed by atoms with Gasteiger partial charge in [0.25, 0.3) is 0 Å². The van der Waals surface area contributed by atoms with E-state index in [2.05, 4.69) is 46.1 Å². The Kier molecular flexibility index (Phi) is 5.61. The van der Waals surface area contributed by atoms with E-state index < -0.39 is 0 Å². The van der Waals surface area contributed by atoms with Crippen LogP contribution in [0.4, 0.5) is 5.95 Å². The lowest BCUT2D eigenvalue weighted by molar-refractivity contribution is 0.121. The molecule has 0 radical (unpaired) electrons. The molecule has 1 fully saturated rings. The molecule has 0 unspecified atom stereocenters. The molecule has 2 heterocycles. The highest BCUT2D eigenvalue weighted by atomic mass is 16.5. The molecule has 0 spiro atoms. The van der Waals surface area contributed by atoms with Gasteiger partial charge in [-0.1, -0.05) is 29.8 Å². The highest BCUT2D eigenvalue weighted by Crippen LogP contribution is 2.19. The van der Waals surface area contributed by atoms with Crippen LogP contribution in [-0.4, -0.2) is 43.4 Å². The highest BCUT2D eigenvalue weighted by molar-refractivity contribution is 5.35. The normalized spacial score (nSPS) is 14.7. The van der Waals surface area contributed by atoms with Crippen molar-refractivity contribution in [2.24, 2.45) is 0 Å². The molecule has 6 nitrogen and oxygen atoms in total. The van der Waals surface area contributed by atoms with Gasteiger partial charge in [-0.05, 0) is 12.5 Å². The van der Waals surface area contributed by atoms with Crippen LogP contribution >= 0.6 is 0 Å². The van der Waals surface area contributed by atoms with Gasteiger partial charge in [0.1, 0.15) is 6.61 Å². The fourth-order valence-electron chi connectivity index (χ4n) is 2.50. The standard InChI is InChI=1S/C18H23N3O3/c1-14-3-5-15(6-4-14)12-24-17-11-16(13-22-2)19-18(20-17)21-7-9-23-10-8-21/h3-6,11H,7-10,12-13H2,1-2H3. The number of aryl methyl sites for hydroxylation is 1. The molecule has 128 valence electrons. The minimum absolute atomic E-state index is 0.431. The Morgan fingerprint density at radius 3 is 2.54 bits per heavy atom. The summed E-state index contributed by atoms with van der Waals surface area (Å²) in [6.07, 6.45) is 0. The molecule has 1 aromatic heterocycles. The lowest BCUT2D eigenvalue weighted by Crippen LogP contribution is -2.37. The maximum absolute atomic E-state index is 5.89. The number of methoxy groups -OCH3 is 1. The number of hydrogen-bond donors (Lipinski definition) is 0.